The Hall–Kier alpha value is -4.28. The minimum absolute atomic E-state index is 0. The molecule has 0 aliphatic rings. The topological polar surface area (TPSA) is 89.7 Å². The van der Waals surface area contributed by atoms with Crippen LogP contribution in [0.1, 0.15) is 0 Å². The zero-order chi connectivity index (χ0) is 35.4. The maximum Gasteiger partial charge on any atom is 2.00 e. The van der Waals surface area contributed by atoms with Gasteiger partial charge in [0, 0.05) is 51.4 Å². The second kappa shape index (κ2) is 19.2. The molecule has 0 unspecified atom stereocenters. The van der Waals surface area contributed by atoms with Crippen LogP contribution in [0.5, 0.6) is 0 Å². The Morgan fingerprint density at radius 2 is 1.04 bits per heavy atom. The predicted octanol–water partition coefficient (Wildman–Crippen LogP) is 7.14. The summed E-state index contributed by atoms with van der Waals surface area (Å²) in [4.78, 5) is 4.43. The van der Waals surface area contributed by atoms with Crippen LogP contribution in [0.15, 0.2) is 152 Å². The third kappa shape index (κ3) is 11.4. The first-order valence-corrected chi connectivity index (χ1v) is 18.8. The van der Waals surface area contributed by atoms with Crippen molar-refractivity contribution in [2.75, 3.05) is 50.0 Å². The standard InChI is InChI=1S/C28H29N2P.C12H10N.CH4O3S.Pd/c1-29(2)25-19-13-20-26(30(3)4)28(25)24-18-11-12-21-27(24)31(22-14-7-5-8-15-22)23-16-9-6-10-17-23;13-12-9-5-4-8-11(12)10-6-2-1-3-7-10;1-5(2,3)4;/h5-21H,1-4H3;1-6,8-9H,13H2;1H3,(H,2,3,4);/q;-1;;+2/p-1. The largest absolute Gasteiger partial charge is 2.00 e. The summed E-state index contributed by atoms with van der Waals surface area (Å²) >= 11 is 0. The molecular formula is C41H42N3O3PPdS. The van der Waals surface area contributed by atoms with Crippen LogP contribution >= 0.6 is 7.92 Å². The SMILES string of the molecule is CN(C)c1cccc(N(C)C)c1-c1ccccc1P(c1ccccc1)c1ccccc1.CS(=O)(=O)[O-].Nc1ccccc1-c1[c-]cccc1.[Pd+2]. The number of nitrogens with zero attached hydrogens (tertiary/aromatic N) is 2. The van der Waals surface area contributed by atoms with E-state index in [1.807, 2.05) is 48.5 Å². The molecule has 6 rings (SSSR count). The van der Waals surface area contributed by atoms with Crippen LogP contribution in [0.4, 0.5) is 17.1 Å². The minimum atomic E-state index is -3.92. The number of nitrogen functional groups attached to an aromatic ring is 1. The number of rotatable bonds is 7. The quantitative estimate of drug-likeness (QED) is 0.0609. The summed E-state index contributed by atoms with van der Waals surface area (Å²) in [6.07, 6.45) is 0.604. The molecule has 6 nitrogen and oxygen atoms in total. The summed E-state index contributed by atoms with van der Waals surface area (Å²) in [5.41, 5.74) is 13.8. The fraction of sp³-hybridized carbons (Fsp3) is 0.122. The van der Waals surface area contributed by atoms with Crippen LogP contribution in [-0.2, 0) is 30.5 Å². The molecule has 0 saturated carbocycles. The van der Waals surface area contributed by atoms with E-state index in [1.54, 1.807) is 0 Å². The van der Waals surface area contributed by atoms with Crippen LogP contribution in [0.3, 0.4) is 0 Å². The Morgan fingerprint density at radius 1 is 0.600 bits per heavy atom. The number of para-hydroxylation sites is 1. The molecule has 2 N–H and O–H groups in total. The van der Waals surface area contributed by atoms with Crippen molar-refractivity contribution in [3.05, 3.63) is 158 Å². The van der Waals surface area contributed by atoms with Gasteiger partial charge in [-0.1, -0.05) is 115 Å². The van der Waals surface area contributed by atoms with E-state index in [2.05, 4.69) is 147 Å². The van der Waals surface area contributed by atoms with Gasteiger partial charge in [-0.05, 0) is 53.3 Å². The Labute approximate surface area is 312 Å². The molecule has 6 aromatic rings. The predicted molar refractivity (Wildman–Crippen MR) is 210 cm³/mol. The van der Waals surface area contributed by atoms with Gasteiger partial charge in [-0.2, -0.15) is 0 Å². The normalized spacial score (nSPS) is 10.5. The Balaban J connectivity index is 0.000000293. The van der Waals surface area contributed by atoms with E-state index < -0.39 is 18.0 Å². The van der Waals surface area contributed by atoms with Gasteiger partial charge in [-0.25, -0.2) is 8.42 Å². The third-order valence-corrected chi connectivity index (χ3v) is 9.89. The van der Waals surface area contributed by atoms with Crippen molar-refractivity contribution in [1.29, 1.82) is 0 Å². The maximum atomic E-state index is 9.08. The average molecular weight is 794 g/mol. The number of hydrogen-bond acceptors (Lipinski definition) is 6. The first-order valence-electron chi connectivity index (χ1n) is 15.7. The van der Waals surface area contributed by atoms with E-state index in [9.17, 15) is 0 Å². The van der Waals surface area contributed by atoms with Crippen LogP contribution in [0.25, 0.3) is 22.3 Å². The maximum absolute atomic E-state index is 9.08. The van der Waals surface area contributed by atoms with Crippen molar-refractivity contribution < 1.29 is 33.4 Å². The summed E-state index contributed by atoms with van der Waals surface area (Å²) < 4.78 is 27.2. The summed E-state index contributed by atoms with van der Waals surface area (Å²) in [5.74, 6) is 0. The van der Waals surface area contributed by atoms with Gasteiger partial charge in [0.25, 0.3) is 0 Å². The molecule has 0 aliphatic heterocycles. The van der Waals surface area contributed by atoms with Crippen molar-refractivity contribution in [3.8, 4) is 22.3 Å². The number of benzene rings is 6. The smallest absolute Gasteiger partial charge is 0.748 e. The molecule has 0 fully saturated rings. The van der Waals surface area contributed by atoms with Gasteiger partial charge < -0.3 is 20.1 Å². The molecule has 0 saturated heterocycles. The number of anilines is 3. The molecule has 0 atom stereocenters. The first kappa shape index (κ1) is 40.2. The molecule has 9 heteroatoms. The summed E-state index contributed by atoms with van der Waals surface area (Å²) in [6, 6.07) is 56.1. The van der Waals surface area contributed by atoms with Gasteiger partial charge in [0.05, 0.1) is 10.1 Å². The second-order valence-electron chi connectivity index (χ2n) is 11.6. The van der Waals surface area contributed by atoms with Crippen molar-refractivity contribution >= 4 is 51.0 Å². The molecule has 0 aromatic heterocycles. The Bertz CT molecular complexity index is 1960. The zero-order valence-corrected chi connectivity index (χ0v) is 32.1. The summed E-state index contributed by atoms with van der Waals surface area (Å²) in [6.45, 7) is 0. The summed E-state index contributed by atoms with van der Waals surface area (Å²) in [7, 11) is 3.89. The van der Waals surface area contributed by atoms with Crippen molar-refractivity contribution in [2.24, 2.45) is 0 Å². The molecule has 0 heterocycles. The van der Waals surface area contributed by atoms with Crippen molar-refractivity contribution in [1.82, 2.24) is 0 Å². The van der Waals surface area contributed by atoms with Crippen LogP contribution in [0.2, 0.25) is 0 Å². The van der Waals surface area contributed by atoms with E-state index in [-0.39, 0.29) is 20.4 Å². The van der Waals surface area contributed by atoms with Gasteiger partial charge in [-0.15, -0.1) is 35.9 Å². The minimum Gasteiger partial charge on any atom is -0.748 e. The van der Waals surface area contributed by atoms with E-state index in [0.717, 1.165) is 16.8 Å². The van der Waals surface area contributed by atoms with Crippen LogP contribution in [-0.4, -0.2) is 47.4 Å². The second-order valence-corrected chi connectivity index (χ2v) is 15.1. The molecular weight excluding hydrogens is 752 g/mol. The molecule has 0 amide bonds. The zero-order valence-electron chi connectivity index (χ0n) is 28.8. The molecule has 0 bridgehead atoms. The van der Waals surface area contributed by atoms with E-state index >= 15 is 0 Å². The van der Waals surface area contributed by atoms with Gasteiger partial charge in [-0.3, -0.25) is 0 Å². The molecule has 0 aliphatic carbocycles. The monoisotopic (exact) mass is 793 g/mol. The number of hydrogen-bond donors (Lipinski definition) is 1. The van der Waals surface area contributed by atoms with Gasteiger partial charge in [0.1, 0.15) is 0 Å². The van der Waals surface area contributed by atoms with E-state index in [1.165, 1.54) is 38.4 Å². The van der Waals surface area contributed by atoms with Gasteiger partial charge >= 0.3 is 20.4 Å². The average Bonchev–Trinajstić information content (AvgIpc) is 3.09. The van der Waals surface area contributed by atoms with E-state index in [0.29, 0.717) is 6.26 Å². The van der Waals surface area contributed by atoms with Crippen LogP contribution < -0.4 is 31.4 Å². The van der Waals surface area contributed by atoms with Gasteiger partial charge in [0.15, 0.2) is 0 Å². The van der Waals surface area contributed by atoms with Crippen LogP contribution in [0, 0.1) is 6.07 Å². The summed E-state index contributed by atoms with van der Waals surface area (Å²) in [5, 5.41) is 4.11. The van der Waals surface area contributed by atoms with Crippen molar-refractivity contribution in [3.63, 3.8) is 0 Å². The van der Waals surface area contributed by atoms with Gasteiger partial charge in [0.2, 0.25) is 0 Å². The third-order valence-electron chi connectivity index (χ3n) is 7.39. The van der Waals surface area contributed by atoms with E-state index in [4.69, 9.17) is 18.7 Å². The molecule has 50 heavy (non-hydrogen) atoms. The first-order chi connectivity index (χ1) is 23.5. The Kier molecular flexibility index (Phi) is 15.4. The number of nitrogens with two attached hydrogens (primary N) is 1. The fourth-order valence-electron chi connectivity index (χ4n) is 5.31. The molecule has 6 aromatic carbocycles. The molecule has 0 radical (unpaired) electrons. The molecule has 260 valence electrons. The fourth-order valence-corrected chi connectivity index (χ4v) is 7.77. The Morgan fingerprint density at radius 3 is 1.50 bits per heavy atom. The van der Waals surface area contributed by atoms with Crippen molar-refractivity contribution in [2.45, 2.75) is 0 Å². The molecule has 0 spiro atoms.